The Morgan fingerprint density at radius 1 is 1.09 bits per heavy atom. The van der Waals surface area contributed by atoms with Gasteiger partial charge in [-0.3, -0.25) is 10.2 Å². The molecule has 0 spiro atoms. The van der Waals surface area contributed by atoms with Gasteiger partial charge in [-0.2, -0.15) is 5.53 Å². The van der Waals surface area contributed by atoms with E-state index in [-0.39, 0.29) is 17.9 Å². The van der Waals surface area contributed by atoms with Crippen LogP contribution < -0.4 is 22.0 Å². The first kappa shape index (κ1) is 22.6. The number of amides is 1. The maximum absolute atomic E-state index is 12.6. The van der Waals surface area contributed by atoms with Crippen LogP contribution in [0.5, 0.6) is 0 Å². The summed E-state index contributed by atoms with van der Waals surface area (Å²) in [5.41, 5.74) is 16.6. The molecule has 0 radical (unpaired) electrons. The lowest BCUT2D eigenvalue weighted by atomic mass is 9.94. The van der Waals surface area contributed by atoms with Gasteiger partial charge in [0, 0.05) is 34.4 Å². The Morgan fingerprint density at radius 2 is 1.88 bits per heavy atom. The van der Waals surface area contributed by atoms with Gasteiger partial charge in [0.05, 0.1) is 6.04 Å². The number of nitrogens with zero attached hydrogens (tertiary/aromatic N) is 1. The summed E-state index contributed by atoms with van der Waals surface area (Å²) in [4.78, 5) is 12.6. The van der Waals surface area contributed by atoms with Crippen LogP contribution in [-0.4, -0.2) is 22.8 Å². The van der Waals surface area contributed by atoms with Crippen LogP contribution in [0.2, 0.25) is 5.02 Å². The van der Waals surface area contributed by atoms with E-state index >= 15 is 0 Å². The Labute approximate surface area is 203 Å². The molecule has 1 aliphatic heterocycles. The van der Waals surface area contributed by atoms with E-state index in [1.165, 1.54) is 18.4 Å². The molecule has 1 heterocycles. The number of carbonyl (C=O) groups excluding carboxylic acids is 1. The number of nitrogens with two attached hydrogens (primary N) is 1. The maximum atomic E-state index is 12.6. The Bertz CT molecular complexity index is 1210. The third-order valence-electron chi connectivity index (χ3n) is 6.40. The fraction of sp³-hybridized carbons (Fsp3) is 0.231. The topological polar surface area (TPSA) is 106 Å². The molecule has 0 aromatic heterocycles. The average Bonchev–Trinajstić information content (AvgIpc) is 3.60. The minimum atomic E-state index is -0.400. The quantitative estimate of drug-likeness (QED) is 0.211. The lowest BCUT2D eigenvalue weighted by Crippen LogP contribution is -2.40. The van der Waals surface area contributed by atoms with Gasteiger partial charge >= 0.3 is 0 Å². The van der Waals surface area contributed by atoms with Crippen LogP contribution in [0.1, 0.15) is 45.9 Å². The second kappa shape index (κ2) is 9.56. The minimum Gasteiger partial charge on any atom is -0.398 e. The van der Waals surface area contributed by atoms with Crippen molar-refractivity contribution in [2.45, 2.75) is 31.5 Å². The lowest BCUT2D eigenvalue weighted by Gasteiger charge is -2.26. The minimum absolute atomic E-state index is 0.0343. The van der Waals surface area contributed by atoms with Gasteiger partial charge in [-0.05, 0) is 60.2 Å². The highest BCUT2D eigenvalue weighted by Crippen LogP contribution is 2.43. The molecule has 1 saturated carbocycles. The van der Waals surface area contributed by atoms with Crippen LogP contribution in [0.3, 0.4) is 0 Å². The fourth-order valence-corrected chi connectivity index (χ4v) is 4.72. The summed E-state index contributed by atoms with van der Waals surface area (Å²) in [5, 5.41) is 13.9. The third kappa shape index (κ3) is 4.83. The van der Waals surface area contributed by atoms with Gasteiger partial charge in [-0.25, -0.2) is 10.4 Å². The van der Waals surface area contributed by atoms with Gasteiger partial charge in [-0.15, -0.1) is 0 Å². The normalized spacial score (nSPS) is 20.3. The SMILES string of the molecule is N=C(NC(=O)c1cccc(Cl)c1)c1cc(C2NNN(Cc3ccccc3)C2C2CC2)ccc1N. The smallest absolute Gasteiger partial charge is 0.256 e. The van der Waals surface area contributed by atoms with E-state index in [0.29, 0.717) is 27.8 Å². The number of benzene rings is 3. The fourth-order valence-electron chi connectivity index (χ4n) is 4.53. The summed E-state index contributed by atoms with van der Waals surface area (Å²) in [7, 11) is 0. The van der Waals surface area contributed by atoms with Crippen molar-refractivity contribution in [1.29, 1.82) is 5.41 Å². The summed E-state index contributed by atoms with van der Waals surface area (Å²) in [5.74, 6) is 0.154. The van der Waals surface area contributed by atoms with Crippen LogP contribution in [0.4, 0.5) is 5.69 Å². The van der Waals surface area contributed by atoms with Gasteiger partial charge in [0.2, 0.25) is 0 Å². The largest absolute Gasteiger partial charge is 0.398 e. The van der Waals surface area contributed by atoms with Gasteiger partial charge in [-0.1, -0.05) is 54.1 Å². The molecular formula is C26H27ClN6O. The molecule has 2 fully saturated rings. The first-order valence-corrected chi connectivity index (χ1v) is 11.7. The van der Waals surface area contributed by atoms with Gasteiger partial charge in [0.25, 0.3) is 5.91 Å². The highest BCUT2D eigenvalue weighted by Gasteiger charge is 2.45. The first-order chi connectivity index (χ1) is 16.5. The van der Waals surface area contributed by atoms with E-state index in [9.17, 15) is 4.79 Å². The number of carbonyl (C=O) groups is 1. The van der Waals surface area contributed by atoms with Crippen LogP contribution in [0.15, 0.2) is 72.8 Å². The summed E-state index contributed by atoms with van der Waals surface area (Å²) < 4.78 is 0. The van der Waals surface area contributed by atoms with E-state index < -0.39 is 5.91 Å². The zero-order valence-electron chi connectivity index (χ0n) is 18.6. The van der Waals surface area contributed by atoms with Crippen molar-refractivity contribution >= 4 is 29.0 Å². The van der Waals surface area contributed by atoms with Crippen LogP contribution >= 0.6 is 11.6 Å². The van der Waals surface area contributed by atoms with Crippen LogP contribution in [0, 0.1) is 11.3 Å². The summed E-state index contributed by atoms with van der Waals surface area (Å²) in [6, 6.07) is 23.0. The highest BCUT2D eigenvalue weighted by molar-refractivity contribution is 6.31. The van der Waals surface area contributed by atoms with Crippen molar-refractivity contribution in [3.05, 3.63) is 100 Å². The van der Waals surface area contributed by atoms with Crippen molar-refractivity contribution in [3.63, 3.8) is 0 Å². The van der Waals surface area contributed by atoms with Crippen LogP contribution in [-0.2, 0) is 6.54 Å². The van der Waals surface area contributed by atoms with Crippen molar-refractivity contribution in [2.75, 3.05) is 5.73 Å². The summed E-state index contributed by atoms with van der Waals surface area (Å²) >= 11 is 6.00. The van der Waals surface area contributed by atoms with E-state index in [1.54, 1.807) is 30.3 Å². The molecule has 3 aromatic rings. The number of rotatable bonds is 6. The summed E-state index contributed by atoms with van der Waals surface area (Å²) in [6.07, 6.45) is 2.40. The Morgan fingerprint density at radius 3 is 2.62 bits per heavy atom. The first-order valence-electron chi connectivity index (χ1n) is 11.4. The number of hydrogen-bond acceptors (Lipinski definition) is 6. The Hall–Kier alpha value is -3.23. The monoisotopic (exact) mass is 474 g/mol. The van der Waals surface area contributed by atoms with E-state index in [4.69, 9.17) is 22.7 Å². The Balaban J connectivity index is 1.35. The highest BCUT2D eigenvalue weighted by atomic mass is 35.5. The molecule has 34 heavy (non-hydrogen) atoms. The molecule has 0 bridgehead atoms. The van der Waals surface area contributed by atoms with Crippen molar-refractivity contribution in [2.24, 2.45) is 5.92 Å². The number of halogens is 1. The van der Waals surface area contributed by atoms with E-state index in [2.05, 4.69) is 45.6 Å². The predicted molar refractivity (Wildman–Crippen MR) is 134 cm³/mol. The number of hydrazine groups is 2. The van der Waals surface area contributed by atoms with Crippen molar-refractivity contribution in [3.8, 4) is 0 Å². The van der Waals surface area contributed by atoms with Gasteiger partial charge in [0.15, 0.2) is 0 Å². The Kier molecular flexibility index (Phi) is 6.34. The van der Waals surface area contributed by atoms with Gasteiger partial charge in [0.1, 0.15) is 5.84 Å². The van der Waals surface area contributed by atoms with E-state index in [1.807, 2.05) is 18.2 Å². The number of anilines is 1. The maximum Gasteiger partial charge on any atom is 0.256 e. The molecule has 5 rings (SSSR count). The predicted octanol–water partition coefficient (Wildman–Crippen LogP) is 4.02. The molecule has 1 saturated heterocycles. The standard InChI is InChI=1S/C26H27ClN6O/c27-20-8-4-7-19(13-20)26(34)30-25(29)21-14-18(11-12-22(21)28)23-24(17-9-10-17)33(32-31-23)15-16-5-2-1-3-6-16/h1-8,11-14,17,23-24,31-32H,9-10,15,28H2,(H2,29,30,34). The second-order valence-corrected chi connectivity index (χ2v) is 9.30. The zero-order valence-corrected chi connectivity index (χ0v) is 19.3. The lowest BCUT2D eigenvalue weighted by molar-refractivity contribution is 0.0977. The molecular weight excluding hydrogens is 448 g/mol. The molecule has 174 valence electrons. The van der Waals surface area contributed by atoms with Crippen molar-refractivity contribution in [1.82, 2.24) is 21.3 Å². The summed E-state index contributed by atoms with van der Waals surface area (Å²) in [6.45, 7) is 0.791. The van der Waals surface area contributed by atoms with Gasteiger partial charge < -0.3 is 11.1 Å². The van der Waals surface area contributed by atoms with E-state index in [0.717, 1.165) is 12.1 Å². The molecule has 3 aromatic carbocycles. The average molecular weight is 475 g/mol. The van der Waals surface area contributed by atoms with Crippen molar-refractivity contribution < 1.29 is 4.79 Å². The number of nitrogen functional groups attached to an aromatic ring is 1. The number of hydrogen-bond donors (Lipinski definition) is 5. The molecule has 8 heteroatoms. The number of amidine groups is 1. The molecule has 6 N–H and O–H groups in total. The second-order valence-electron chi connectivity index (χ2n) is 8.86. The zero-order chi connectivity index (χ0) is 23.7. The molecule has 7 nitrogen and oxygen atoms in total. The third-order valence-corrected chi connectivity index (χ3v) is 6.63. The molecule has 1 amide bonds. The van der Waals surface area contributed by atoms with Crippen LogP contribution in [0.25, 0.3) is 0 Å². The number of nitrogens with one attached hydrogen (secondary N) is 4. The molecule has 2 aliphatic rings. The molecule has 2 atom stereocenters. The molecule has 1 aliphatic carbocycles. The molecule has 2 unspecified atom stereocenters.